The number of benzene rings is 4. The summed E-state index contributed by atoms with van der Waals surface area (Å²) in [7, 11) is -4.49. The molecular weight excluding hydrogens is 635 g/mol. The van der Waals surface area contributed by atoms with Crippen LogP contribution in [0.4, 0.5) is 0 Å². The molecule has 11 nitrogen and oxygen atoms in total. The van der Waals surface area contributed by atoms with Gasteiger partial charge in [-0.3, -0.25) is 4.55 Å². The molecule has 2 aliphatic heterocycles. The molecule has 13 heteroatoms. The minimum Gasteiger partial charge on any atom is -0.357 e. The van der Waals surface area contributed by atoms with Gasteiger partial charge in [-0.05, 0) is 33.7 Å². The second kappa shape index (κ2) is 9.83. The van der Waals surface area contributed by atoms with Crippen LogP contribution in [0, 0.1) is 0 Å². The monoisotopic (exact) mass is 651 g/mol. The molecule has 0 spiro atoms. The minimum absolute atomic E-state index is 0. The fraction of sp³-hybridized carbons (Fsp3) is 0. The normalized spacial score (nSPS) is 12.1. The SMILES string of the molecule is O=S(=O)(O)c1ccc2c(c1)-c1nc-2nc2[n-]c(nc3nc(nc4[n-]c(n1)c1ccccc41)-c1ccccc1-3)c1ccccc21.[Co+2]. The zero-order chi connectivity index (χ0) is 29.6. The molecule has 4 aromatic carbocycles. The molecule has 3 aromatic heterocycles. The van der Waals surface area contributed by atoms with E-state index < -0.39 is 10.1 Å². The number of hydrogen-bond donors (Lipinski definition) is 1. The Morgan fingerprint density at radius 3 is 1.22 bits per heavy atom. The molecule has 1 radical (unpaired) electrons. The largest absolute Gasteiger partial charge is 2.00 e. The van der Waals surface area contributed by atoms with Gasteiger partial charge in [0.15, 0.2) is 0 Å². The maximum atomic E-state index is 12.1. The Balaban J connectivity index is 0.00000300. The van der Waals surface area contributed by atoms with Gasteiger partial charge < -0.3 is 29.9 Å². The van der Waals surface area contributed by atoms with Crippen LogP contribution in [0.3, 0.4) is 0 Å². The summed E-state index contributed by atoms with van der Waals surface area (Å²) in [6.45, 7) is 0. The van der Waals surface area contributed by atoms with Gasteiger partial charge in [0.05, 0.1) is 28.2 Å². The summed E-state index contributed by atoms with van der Waals surface area (Å²) in [4.78, 5) is 38.2. The first-order chi connectivity index (χ1) is 21.4. The summed E-state index contributed by atoms with van der Waals surface area (Å²) in [6, 6.07) is 27.1. The fourth-order valence-corrected chi connectivity index (χ4v) is 6.16. The maximum absolute atomic E-state index is 12.1. The summed E-state index contributed by atoms with van der Waals surface area (Å²) < 4.78 is 33.9. The molecular formula is C32H16CoN8O3S. The number of fused-ring (bicyclic) bond motifs is 20. The van der Waals surface area contributed by atoms with Crippen LogP contribution in [0.1, 0.15) is 0 Å². The van der Waals surface area contributed by atoms with E-state index in [4.69, 9.17) is 39.9 Å². The molecule has 1 N–H and O–H groups in total. The molecule has 0 saturated heterocycles. The van der Waals surface area contributed by atoms with Crippen molar-refractivity contribution in [3.63, 3.8) is 0 Å². The van der Waals surface area contributed by atoms with Crippen LogP contribution in [-0.2, 0) is 26.9 Å². The van der Waals surface area contributed by atoms with Crippen LogP contribution in [0.2, 0.25) is 0 Å². The van der Waals surface area contributed by atoms with Gasteiger partial charge in [-0.25, -0.2) is 9.97 Å². The quantitative estimate of drug-likeness (QED) is 0.227. The predicted molar refractivity (Wildman–Crippen MR) is 164 cm³/mol. The third-order valence-corrected chi connectivity index (χ3v) is 8.54. The number of rotatable bonds is 1. The maximum Gasteiger partial charge on any atom is 2.00 e. The van der Waals surface area contributed by atoms with Gasteiger partial charge in [-0.2, -0.15) is 8.42 Å². The van der Waals surface area contributed by atoms with Crippen molar-refractivity contribution in [2.45, 2.75) is 4.90 Å². The fourth-order valence-electron chi connectivity index (χ4n) is 5.65. The second-order valence-corrected chi connectivity index (χ2v) is 11.7. The first kappa shape index (κ1) is 27.2. The number of nitrogens with zero attached hydrogens (tertiary/aromatic N) is 8. The Labute approximate surface area is 264 Å². The third kappa shape index (κ3) is 4.24. The molecule has 8 bridgehead atoms. The van der Waals surface area contributed by atoms with E-state index in [-0.39, 0.29) is 33.3 Å². The topological polar surface area (TPSA) is 160 Å². The number of hydrogen-bond acceptors (Lipinski definition) is 8. The molecule has 0 fully saturated rings. The molecule has 217 valence electrons. The van der Waals surface area contributed by atoms with Gasteiger partial charge in [0, 0.05) is 44.8 Å². The molecule has 0 atom stereocenters. The van der Waals surface area contributed by atoms with Crippen molar-refractivity contribution in [3.05, 3.63) is 91.0 Å². The van der Waals surface area contributed by atoms with Crippen LogP contribution in [0.15, 0.2) is 95.9 Å². The van der Waals surface area contributed by atoms with Crippen LogP contribution >= 0.6 is 0 Å². The summed E-state index contributed by atoms with van der Waals surface area (Å²) in [6.07, 6.45) is 0. The Kier molecular flexibility index (Phi) is 5.95. The van der Waals surface area contributed by atoms with Crippen molar-refractivity contribution in [3.8, 4) is 45.6 Å². The standard InChI is InChI=1S/C32H16N8O3S.Co/c41-44(42,43)16-13-14-23-24(15-16)32-39-30-22-12-6-5-11-21(22)28(37-30)35-26-18-8-2-1-7-17(18)25(33-26)34-27-19-9-3-4-10-20(19)29(36-27)38-31(23)40-32;/h1-15H,(H-2,33,34,35,36,37,38,39,40,41,42,43);/q-2;+2. The number of aromatic nitrogens is 8. The van der Waals surface area contributed by atoms with E-state index in [1.165, 1.54) is 12.1 Å². The van der Waals surface area contributed by atoms with Crippen molar-refractivity contribution in [1.82, 2.24) is 39.9 Å². The molecule has 2 aliphatic rings. The van der Waals surface area contributed by atoms with Crippen LogP contribution in [-0.4, -0.2) is 42.9 Å². The van der Waals surface area contributed by atoms with Crippen molar-refractivity contribution >= 4 is 54.3 Å². The van der Waals surface area contributed by atoms with Gasteiger partial charge in [-0.1, -0.05) is 78.9 Å². The molecule has 0 saturated carbocycles. The summed E-state index contributed by atoms with van der Waals surface area (Å²) in [5.41, 5.74) is 4.12. The molecule has 5 heterocycles. The van der Waals surface area contributed by atoms with E-state index in [0.29, 0.717) is 45.4 Å². The van der Waals surface area contributed by atoms with Crippen LogP contribution in [0.5, 0.6) is 0 Å². The van der Waals surface area contributed by atoms with E-state index >= 15 is 0 Å². The third-order valence-electron chi connectivity index (χ3n) is 7.69. The molecule has 9 rings (SSSR count). The first-order valence-electron chi connectivity index (χ1n) is 13.5. The van der Waals surface area contributed by atoms with Gasteiger partial charge >= 0.3 is 16.8 Å². The zero-order valence-electron chi connectivity index (χ0n) is 22.7. The molecule has 0 unspecified atom stereocenters. The average molecular weight is 652 g/mol. The van der Waals surface area contributed by atoms with Gasteiger partial charge in [0.1, 0.15) is 0 Å². The Bertz CT molecular complexity index is 2660. The second-order valence-electron chi connectivity index (χ2n) is 10.3. The van der Waals surface area contributed by atoms with Gasteiger partial charge in [-0.15, -0.1) is 0 Å². The van der Waals surface area contributed by atoms with E-state index in [1.54, 1.807) is 6.07 Å². The average Bonchev–Trinajstić information content (AvgIpc) is 3.76. The van der Waals surface area contributed by atoms with E-state index in [9.17, 15) is 13.0 Å². The van der Waals surface area contributed by atoms with Gasteiger partial charge in [0.25, 0.3) is 10.1 Å². The van der Waals surface area contributed by atoms with Crippen molar-refractivity contribution < 1.29 is 29.7 Å². The van der Waals surface area contributed by atoms with Crippen LogP contribution < -0.4 is 9.97 Å². The Morgan fingerprint density at radius 2 is 0.822 bits per heavy atom. The minimum atomic E-state index is -4.49. The molecule has 0 aliphatic carbocycles. The summed E-state index contributed by atoms with van der Waals surface area (Å²) >= 11 is 0. The zero-order valence-corrected chi connectivity index (χ0v) is 24.6. The smallest absolute Gasteiger partial charge is 0.357 e. The van der Waals surface area contributed by atoms with E-state index in [2.05, 4.69) is 0 Å². The van der Waals surface area contributed by atoms with Crippen molar-refractivity contribution in [2.75, 3.05) is 0 Å². The molecule has 7 aromatic rings. The van der Waals surface area contributed by atoms with Crippen LogP contribution in [0.25, 0.3) is 89.7 Å². The first-order valence-corrected chi connectivity index (χ1v) is 15.0. The Hall–Kier alpha value is -5.34. The van der Waals surface area contributed by atoms with Crippen molar-refractivity contribution in [2.24, 2.45) is 0 Å². The summed E-state index contributed by atoms with van der Waals surface area (Å²) in [5, 5.41) is 3.02. The van der Waals surface area contributed by atoms with Crippen molar-refractivity contribution in [1.29, 1.82) is 0 Å². The summed E-state index contributed by atoms with van der Waals surface area (Å²) in [5.74, 6) is 1.39. The molecule has 45 heavy (non-hydrogen) atoms. The van der Waals surface area contributed by atoms with Gasteiger partial charge in [0.2, 0.25) is 0 Å². The Morgan fingerprint density at radius 1 is 0.467 bits per heavy atom. The van der Waals surface area contributed by atoms with E-state index in [1.807, 2.05) is 72.8 Å². The predicted octanol–water partition coefficient (Wildman–Crippen LogP) is 5.37. The van der Waals surface area contributed by atoms with E-state index in [0.717, 1.165) is 32.7 Å². The molecule has 0 amide bonds.